The number of piperidine rings is 1. The molecule has 3 rings (SSSR count). The molecule has 1 N–H and O–H groups in total. The largest absolute Gasteiger partial charge is 0.388 e. The summed E-state index contributed by atoms with van der Waals surface area (Å²) in [6.07, 6.45) is 7.16. The van der Waals surface area contributed by atoms with E-state index < -0.39 is 6.10 Å². The SMILES string of the molecule is OC(CCN1CCCC2CCCC21)c1ccc(Br)cc1Cl. The predicted octanol–water partition coefficient (Wildman–Crippen LogP) is 4.79. The molecule has 4 heteroatoms. The van der Waals surface area contributed by atoms with Crippen LogP contribution in [0, 0.1) is 5.92 Å². The Hall–Kier alpha value is -0.0900. The lowest BCUT2D eigenvalue weighted by Gasteiger charge is -2.38. The maximum absolute atomic E-state index is 10.4. The van der Waals surface area contributed by atoms with Crippen LogP contribution in [-0.2, 0) is 0 Å². The zero-order valence-electron chi connectivity index (χ0n) is 12.3. The lowest BCUT2D eigenvalue weighted by atomic mass is 9.91. The topological polar surface area (TPSA) is 23.5 Å². The summed E-state index contributed by atoms with van der Waals surface area (Å²) in [5.74, 6) is 0.909. The first-order chi connectivity index (χ1) is 10.1. The number of aliphatic hydroxyl groups excluding tert-OH is 1. The zero-order valence-corrected chi connectivity index (χ0v) is 14.6. The fraction of sp³-hybridized carbons (Fsp3) is 0.647. The highest BCUT2D eigenvalue weighted by molar-refractivity contribution is 9.10. The van der Waals surface area contributed by atoms with Crippen molar-refractivity contribution in [3.05, 3.63) is 33.3 Å². The highest BCUT2D eigenvalue weighted by Gasteiger charge is 2.34. The van der Waals surface area contributed by atoms with E-state index in [0.717, 1.165) is 35.0 Å². The number of nitrogens with zero attached hydrogens (tertiary/aromatic N) is 1. The van der Waals surface area contributed by atoms with Crippen molar-refractivity contribution in [1.82, 2.24) is 4.90 Å². The molecule has 2 nitrogen and oxygen atoms in total. The molecule has 21 heavy (non-hydrogen) atoms. The van der Waals surface area contributed by atoms with E-state index in [-0.39, 0.29) is 0 Å². The summed E-state index contributed by atoms with van der Waals surface area (Å²) in [4.78, 5) is 2.61. The Labute approximate surface area is 140 Å². The first-order valence-electron chi connectivity index (χ1n) is 8.02. The lowest BCUT2D eigenvalue weighted by Crippen LogP contribution is -2.43. The standard InChI is InChI=1S/C17H23BrClNO/c18-13-6-7-14(15(19)11-13)17(21)8-10-20-9-2-4-12-3-1-5-16(12)20/h6-7,11-12,16-17,21H,1-5,8-10H2. The number of fused-ring (bicyclic) bond motifs is 1. The van der Waals surface area contributed by atoms with Gasteiger partial charge in [0.25, 0.3) is 0 Å². The van der Waals surface area contributed by atoms with Crippen LogP contribution in [0.5, 0.6) is 0 Å². The van der Waals surface area contributed by atoms with Gasteiger partial charge in [0.2, 0.25) is 0 Å². The fourth-order valence-corrected chi connectivity index (χ4v) is 4.85. The predicted molar refractivity (Wildman–Crippen MR) is 90.7 cm³/mol. The van der Waals surface area contributed by atoms with E-state index in [1.165, 1.54) is 38.6 Å². The first kappa shape index (κ1) is 15.8. The Balaban J connectivity index is 1.59. The minimum Gasteiger partial charge on any atom is -0.388 e. The first-order valence-corrected chi connectivity index (χ1v) is 9.19. The summed E-state index contributed by atoms with van der Waals surface area (Å²) < 4.78 is 0.952. The average Bonchev–Trinajstić information content (AvgIpc) is 2.93. The van der Waals surface area contributed by atoms with Crippen molar-refractivity contribution < 1.29 is 5.11 Å². The second-order valence-corrected chi connectivity index (χ2v) is 7.73. The Bertz CT molecular complexity index is 496. The molecule has 1 aliphatic carbocycles. The highest BCUT2D eigenvalue weighted by Crippen LogP contribution is 2.37. The minimum absolute atomic E-state index is 0.465. The van der Waals surface area contributed by atoms with E-state index >= 15 is 0 Å². The van der Waals surface area contributed by atoms with Crippen molar-refractivity contribution in [1.29, 1.82) is 0 Å². The van der Waals surface area contributed by atoms with Crippen molar-refractivity contribution in [2.75, 3.05) is 13.1 Å². The van der Waals surface area contributed by atoms with Crippen LogP contribution in [0.3, 0.4) is 0 Å². The van der Waals surface area contributed by atoms with Gasteiger partial charge in [-0.1, -0.05) is 40.0 Å². The van der Waals surface area contributed by atoms with Crippen molar-refractivity contribution >= 4 is 27.5 Å². The Morgan fingerprint density at radius 2 is 2.10 bits per heavy atom. The Morgan fingerprint density at radius 1 is 1.29 bits per heavy atom. The maximum atomic E-state index is 10.4. The molecule has 1 saturated heterocycles. The van der Waals surface area contributed by atoms with Crippen LogP contribution in [0.4, 0.5) is 0 Å². The van der Waals surface area contributed by atoms with Crippen molar-refractivity contribution in [2.24, 2.45) is 5.92 Å². The third-order valence-electron chi connectivity index (χ3n) is 5.12. The van der Waals surface area contributed by atoms with Crippen molar-refractivity contribution in [2.45, 2.75) is 50.7 Å². The molecule has 116 valence electrons. The molecule has 1 aliphatic heterocycles. The maximum Gasteiger partial charge on any atom is 0.0816 e. The lowest BCUT2D eigenvalue weighted by molar-refractivity contribution is 0.0834. The minimum atomic E-state index is -0.465. The van der Waals surface area contributed by atoms with Crippen molar-refractivity contribution in [3.8, 4) is 0 Å². The Morgan fingerprint density at radius 3 is 2.90 bits per heavy atom. The van der Waals surface area contributed by atoms with Gasteiger partial charge in [-0.05, 0) is 62.3 Å². The molecule has 1 aromatic carbocycles. The molecule has 0 radical (unpaired) electrons. The van der Waals surface area contributed by atoms with Gasteiger partial charge >= 0.3 is 0 Å². The summed E-state index contributed by atoms with van der Waals surface area (Å²) >= 11 is 9.63. The molecule has 2 aliphatic rings. The summed E-state index contributed by atoms with van der Waals surface area (Å²) in [6.45, 7) is 2.18. The van der Waals surface area contributed by atoms with Crippen LogP contribution >= 0.6 is 27.5 Å². The molecule has 1 saturated carbocycles. The molecule has 0 bridgehead atoms. The third kappa shape index (κ3) is 3.64. The van der Waals surface area contributed by atoms with E-state index in [1.807, 2.05) is 18.2 Å². The monoisotopic (exact) mass is 371 g/mol. The van der Waals surface area contributed by atoms with Crippen LogP contribution in [0.15, 0.2) is 22.7 Å². The zero-order chi connectivity index (χ0) is 14.8. The van der Waals surface area contributed by atoms with Gasteiger partial charge < -0.3 is 10.0 Å². The molecule has 3 atom stereocenters. The van der Waals surface area contributed by atoms with Gasteiger partial charge in [0, 0.05) is 22.1 Å². The number of benzene rings is 1. The van der Waals surface area contributed by atoms with E-state index in [2.05, 4.69) is 20.8 Å². The molecule has 0 spiro atoms. The molecular formula is C17H23BrClNO. The highest BCUT2D eigenvalue weighted by atomic mass is 79.9. The number of aliphatic hydroxyl groups is 1. The molecule has 2 fully saturated rings. The summed E-state index contributed by atoms with van der Waals surface area (Å²) in [6, 6.07) is 6.49. The number of halogens is 2. The molecular weight excluding hydrogens is 350 g/mol. The summed E-state index contributed by atoms with van der Waals surface area (Å²) in [7, 11) is 0. The van der Waals surface area contributed by atoms with Crippen LogP contribution in [0.2, 0.25) is 5.02 Å². The van der Waals surface area contributed by atoms with Gasteiger partial charge in [0.15, 0.2) is 0 Å². The van der Waals surface area contributed by atoms with Crippen LogP contribution in [0.25, 0.3) is 0 Å². The van der Waals surface area contributed by atoms with Gasteiger partial charge in [-0.2, -0.15) is 0 Å². The van der Waals surface area contributed by atoms with E-state index in [4.69, 9.17) is 11.6 Å². The fourth-order valence-electron chi connectivity index (χ4n) is 4.05. The normalized spacial score (nSPS) is 27.6. The molecule has 0 aromatic heterocycles. The molecule has 1 aromatic rings. The third-order valence-corrected chi connectivity index (χ3v) is 5.94. The quantitative estimate of drug-likeness (QED) is 0.821. The molecule has 3 unspecified atom stereocenters. The number of rotatable bonds is 4. The average molecular weight is 373 g/mol. The van der Waals surface area contributed by atoms with Gasteiger partial charge in [-0.25, -0.2) is 0 Å². The second-order valence-electron chi connectivity index (χ2n) is 6.41. The number of hydrogen-bond donors (Lipinski definition) is 1. The van der Waals surface area contributed by atoms with Gasteiger partial charge in [-0.3, -0.25) is 0 Å². The number of likely N-dealkylation sites (tertiary alicyclic amines) is 1. The molecule has 0 amide bonds. The van der Waals surface area contributed by atoms with Gasteiger partial charge in [0.05, 0.1) is 6.10 Å². The van der Waals surface area contributed by atoms with Gasteiger partial charge in [-0.15, -0.1) is 0 Å². The van der Waals surface area contributed by atoms with E-state index in [1.54, 1.807) is 0 Å². The van der Waals surface area contributed by atoms with Crippen molar-refractivity contribution in [3.63, 3.8) is 0 Å². The molecule has 1 heterocycles. The summed E-state index contributed by atoms with van der Waals surface area (Å²) in [5.41, 5.74) is 0.847. The smallest absolute Gasteiger partial charge is 0.0816 e. The van der Waals surface area contributed by atoms with E-state index in [9.17, 15) is 5.11 Å². The van der Waals surface area contributed by atoms with E-state index in [0.29, 0.717) is 5.02 Å². The Kier molecular flexibility index (Phi) is 5.26. The van der Waals surface area contributed by atoms with Gasteiger partial charge in [0.1, 0.15) is 0 Å². The van der Waals surface area contributed by atoms with Crippen LogP contribution < -0.4 is 0 Å². The number of hydrogen-bond acceptors (Lipinski definition) is 2. The van der Waals surface area contributed by atoms with Crippen LogP contribution in [0.1, 0.15) is 50.2 Å². The second kappa shape index (κ2) is 6.99. The van der Waals surface area contributed by atoms with Crippen LogP contribution in [-0.4, -0.2) is 29.1 Å². The summed E-state index contributed by atoms with van der Waals surface area (Å²) in [5, 5.41) is 11.1.